The number of nitrogens with zero attached hydrogens (tertiary/aromatic N) is 1. The van der Waals surface area contributed by atoms with Crippen molar-refractivity contribution in [3.63, 3.8) is 0 Å². The Hall–Kier alpha value is -1.51. The largest absolute Gasteiger partial charge is 0.507 e. The van der Waals surface area contributed by atoms with E-state index in [0.29, 0.717) is 5.56 Å². The molecule has 1 saturated carbocycles. The number of carbonyl (C=O) groups excluding carboxylic acids is 1. The number of phenols is 1. The second-order valence-electron chi connectivity index (χ2n) is 6.30. The van der Waals surface area contributed by atoms with Crippen LogP contribution in [0.3, 0.4) is 0 Å². The lowest BCUT2D eigenvalue weighted by molar-refractivity contribution is 0.101. The van der Waals surface area contributed by atoms with Crippen LogP contribution in [0.25, 0.3) is 0 Å². The smallest absolute Gasteiger partial charge is 0.163 e. The Bertz CT molecular complexity index is 512. The van der Waals surface area contributed by atoms with Gasteiger partial charge in [0.05, 0.1) is 5.56 Å². The van der Waals surface area contributed by atoms with Gasteiger partial charge in [0.15, 0.2) is 5.78 Å². The topological polar surface area (TPSA) is 40.5 Å². The van der Waals surface area contributed by atoms with Gasteiger partial charge in [-0.05, 0) is 43.7 Å². The zero-order valence-electron chi connectivity index (χ0n) is 12.1. The summed E-state index contributed by atoms with van der Waals surface area (Å²) in [7, 11) is 0. The molecule has 1 N–H and O–H groups in total. The van der Waals surface area contributed by atoms with Gasteiger partial charge < -0.3 is 10.0 Å². The molecule has 1 saturated heterocycles. The zero-order valence-corrected chi connectivity index (χ0v) is 12.1. The number of anilines is 1. The Labute approximate surface area is 120 Å². The van der Waals surface area contributed by atoms with E-state index in [1.54, 1.807) is 12.1 Å². The molecule has 0 aromatic heterocycles. The Morgan fingerprint density at radius 1 is 1.20 bits per heavy atom. The summed E-state index contributed by atoms with van der Waals surface area (Å²) < 4.78 is 0. The van der Waals surface area contributed by atoms with E-state index in [4.69, 9.17) is 0 Å². The number of benzene rings is 1. The molecule has 1 aliphatic heterocycles. The molecular formula is C17H23NO2. The molecule has 0 spiro atoms. The maximum atomic E-state index is 11.4. The maximum absolute atomic E-state index is 11.4. The van der Waals surface area contributed by atoms with Gasteiger partial charge in [-0.2, -0.15) is 0 Å². The number of fused-ring (bicyclic) bond motifs is 1. The van der Waals surface area contributed by atoms with E-state index in [9.17, 15) is 9.90 Å². The Morgan fingerprint density at radius 3 is 2.65 bits per heavy atom. The molecule has 3 heteroatoms. The third-order valence-electron chi connectivity index (χ3n) is 5.02. The maximum Gasteiger partial charge on any atom is 0.163 e. The van der Waals surface area contributed by atoms with Crippen molar-refractivity contribution < 1.29 is 9.90 Å². The number of rotatable bonds is 2. The minimum Gasteiger partial charge on any atom is -0.507 e. The van der Waals surface area contributed by atoms with Crippen molar-refractivity contribution in [3.8, 4) is 5.75 Å². The first-order chi connectivity index (χ1) is 9.65. The third-order valence-corrected chi connectivity index (χ3v) is 5.02. The number of Topliss-reactive ketones (excluding diaryl/α,β-unsaturated/α-hetero) is 1. The summed E-state index contributed by atoms with van der Waals surface area (Å²) in [5.74, 6) is 1.75. The molecular weight excluding hydrogens is 250 g/mol. The fraction of sp³-hybridized carbons (Fsp3) is 0.588. The molecule has 1 aromatic carbocycles. The van der Waals surface area contributed by atoms with Crippen LogP contribution in [0, 0.1) is 11.8 Å². The van der Waals surface area contributed by atoms with E-state index in [1.165, 1.54) is 39.0 Å². The van der Waals surface area contributed by atoms with Crippen LogP contribution >= 0.6 is 0 Å². The van der Waals surface area contributed by atoms with Crippen LogP contribution in [0.5, 0.6) is 5.75 Å². The molecule has 0 bridgehead atoms. The molecule has 2 atom stereocenters. The van der Waals surface area contributed by atoms with Crippen molar-refractivity contribution in [2.24, 2.45) is 11.8 Å². The van der Waals surface area contributed by atoms with Gasteiger partial charge in [-0.15, -0.1) is 0 Å². The number of piperidine rings is 1. The predicted molar refractivity (Wildman–Crippen MR) is 80.4 cm³/mol. The number of carbonyl (C=O) groups is 1. The van der Waals surface area contributed by atoms with Gasteiger partial charge in [0.25, 0.3) is 0 Å². The normalized spacial score (nSPS) is 26.1. The number of hydrogen-bond acceptors (Lipinski definition) is 3. The van der Waals surface area contributed by atoms with Crippen LogP contribution in [-0.2, 0) is 0 Å². The Balaban J connectivity index is 1.76. The fourth-order valence-electron chi connectivity index (χ4n) is 3.85. The summed E-state index contributed by atoms with van der Waals surface area (Å²) in [5, 5.41) is 9.98. The third kappa shape index (κ3) is 2.54. The van der Waals surface area contributed by atoms with Gasteiger partial charge in [-0.3, -0.25) is 4.79 Å². The van der Waals surface area contributed by atoms with E-state index in [2.05, 4.69) is 4.90 Å². The highest BCUT2D eigenvalue weighted by Crippen LogP contribution is 2.38. The second kappa shape index (κ2) is 5.47. The SMILES string of the molecule is CC(=O)c1ccc(N2CCC3CCCCC3C2)cc1O. The molecule has 0 radical (unpaired) electrons. The van der Waals surface area contributed by atoms with Crippen LogP contribution in [0.4, 0.5) is 5.69 Å². The van der Waals surface area contributed by atoms with E-state index in [0.717, 1.165) is 30.6 Å². The van der Waals surface area contributed by atoms with Crippen LogP contribution in [0.2, 0.25) is 0 Å². The molecule has 2 fully saturated rings. The number of phenolic OH excluding ortho intramolecular Hbond substituents is 1. The lowest BCUT2D eigenvalue weighted by Gasteiger charge is -2.42. The van der Waals surface area contributed by atoms with E-state index in [-0.39, 0.29) is 11.5 Å². The highest BCUT2D eigenvalue weighted by Gasteiger charge is 2.31. The van der Waals surface area contributed by atoms with Crippen LogP contribution in [-0.4, -0.2) is 24.0 Å². The van der Waals surface area contributed by atoms with Crippen molar-refractivity contribution in [1.29, 1.82) is 0 Å². The first-order valence-corrected chi connectivity index (χ1v) is 7.74. The first-order valence-electron chi connectivity index (χ1n) is 7.74. The van der Waals surface area contributed by atoms with Gasteiger partial charge in [0, 0.05) is 24.8 Å². The van der Waals surface area contributed by atoms with Crippen LogP contribution in [0.1, 0.15) is 49.4 Å². The monoisotopic (exact) mass is 273 g/mol. The van der Waals surface area contributed by atoms with Gasteiger partial charge in [-0.1, -0.05) is 19.3 Å². The summed E-state index contributed by atoms with van der Waals surface area (Å²) in [6.45, 7) is 3.66. The summed E-state index contributed by atoms with van der Waals surface area (Å²) in [4.78, 5) is 13.7. The predicted octanol–water partition coefficient (Wildman–Crippen LogP) is 3.61. The molecule has 1 aromatic rings. The molecule has 108 valence electrons. The lowest BCUT2D eigenvalue weighted by Crippen LogP contribution is -2.41. The van der Waals surface area contributed by atoms with E-state index in [1.807, 2.05) is 6.07 Å². The average molecular weight is 273 g/mol. The molecule has 3 rings (SSSR count). The van der Waals surface area contributed by atoms with Crippen molar-refractivity contribution in [2.45, 2.75) is 39.0 Å². The summed E-state index contributed by atoms with van der Waals surface area (Å²) in [6, 6.07) is 5.47. The summed E-state index contributed by atoms with van der Waals surface area (Å²) in [5.41, 5.74) is 1.47. The fourth-order valence-corrected chi connectivity index (χ4v) is 3.85. The van der Waals surface area contributed by atoms with Crippen LogP contribution < -0.4 is 4.90 Å². The van der Waals surface area contributed by atoms with Gasteiger partial charge in [0.1, 0.15) is 5.75 Å². The summed E-state index contributed by atoms with van der Waals surface area (Å²) >= 11 is 0. The molecule has 3 nitrogen and oxygen atoms in total. The standard InChI is InChI=1S/C17H23NO2/c1-12(19)16-7-6-15(10-17(16)20)18-9-8-13-4-2-3-5-14(13)11-18/h6-7,10,13-14,20H,2-5,8-9,11H2,1H3. The van der Waals surface area contributed by atoms with Crippen molar-refractivity contribution in [1.82, 2.24) is 0 Å². The zero-order chi connectivity index (χ0) is 14.1. The highest BCUT2D eigenvalue weighted by molar-refractivity contribution is 5.97. The minimum atomic E-state index is -0.0833. The van der Waals surface area contributed by atoms with Gasteiger partial charge >= 0.3 is 0 Å². The Kier molecular flexibility index (Phi) is 3.68. The number of hydrogen-bond donors (Lipinski definition) is 1. The molecule has 1 heterocycles. The minimum absolute atomic E-state index is 0.0833. The number of aromatic hydroxyl groups is 1. The van der Waals surface area contributed by atoms with E-state index < -0.39 is 0 Å². The lowest BCUT2D eigenvalue weighted by atomic mass is 9.75. The first kappa shape index (κ1) is 13.5. The molecule has 1 aliphatic carbocycles. The van der Waals surface area contributed by atoms with Crippen molar-refractivity contribution >= 4 is 11.5 Å². The average Bonchev–Trinajstić information content (AvgIpc) is 2.46. The highest BCUT2D eigenvalue weighted by atomic mass is 16.3. The molecule has 0 amide bonds. The quantitative estimate of drug-likeness (QED) is 0.837. The molecule has 2 unspecified atom stereocenters. The van der Waals surface area contributed by atoms with E-state index >= 15 is 0 Å². The van der Waals surface area contributed by atoms with Gasteiger partial charge in [-0.25, -0.2) is 0 Å². The number of ketones is 1. The second-order valence-corrected chi connectivity index (χ2v) is 6.30. The summed E-state index contributed by atoms with van der Waals surface area (Å²) in [6.07, 6.45) is 6.77. The molecule has 2 aliphatic rings. The van der Waals surface area contributed by atoms with Gasteiger partial charge in [0.2, 0.25) is 0 Å². The molecule has 20 heavy (non-hydrogen) atoms. The van der Waals surface area contributed by atoms with Crippen molar-refractivity contribution in [2.75, 3.05) is 18.0 Å². The van der Waals surface area contributed by atoms with Crippen LogP contribution in [0.15, 0.2) is 18.2 Å². The Morgan fingerprint density at radius 2 is 1.95 bits per heavy atom. The van der Waals surface area contributed by atoms with Crippen molar-refractivity contribution in [3.05, 3.63) is 23.8 Å².